The summed E-state index contributed by atoms with van der Waals surface area (Å²) in [4.78, 5) is 8.10. The van der Waals surface area contributed by atoms with E-state index < -0.39 is 0 Å². The molecule has 25 heavy (non-hydrogen) atoms. The molecule has 0 bridgehead atoms. The highest BCUT2D eigenvalue weighted by atomic mass is 15.3. The first-order valence-electron chi connectivity index (χ1n) is 11.1. The van der Waals surface area contributed by atoms with Crippen molar-refractivity contribution in [1.29, 1.82) is 0 Å². The van der Waals surface area contributed by atoms with E-state index in [-0.39, 0.29) is 0 Å². The number of nitrogens with zero attached hydrogens (tertiary/aromatic N) is 3. The molecule has 146 valence electrons. The van der Waals surface area contributed by atoms with Gasteiger partial charge in [0.1, 0.15) is 0 Å². The van der Waals surface area contributed by atoms with Crippen LogP contribution in [-0.4, -0.2) is 72.6 Å². The van der Waals surface area contributed by atoms with Gasteiger partial charge in [-0.05, 0) is 89.8 Å². The van der Waals surface area contributed by atoms with E-state index >= 15 is 0 Å². The minimum Gasteiger partial charge on any atom is -0.303 e. The number of rotatable bonds is 7. The van der Waals surface area contributed by atoms with Crippen molar-refractivity contribution in [2.24, 2.45) is 17.3 Å². The van der Waals surface area contributed by atoms with Crippen molar-refractivity contribution >= 4 is 0 Å². The molecule has 2 saturated heterocycles. The lowest BCUT2D eigenvalue weighted by Gasteiger charge is -2.40. The normalized spacial score (nSPS) is 29.6. The summed E-state index contributed by atoms with van der Waals surface area (Å²) >= 11 is 0. The van der Waals surface area contributed by atoms with E-state index in [1.807, 2.05) is 0 Å². The average molecular weight is 350 g/mol. The van der Waals surface area contributed by atoms with E-state index in [0.29, 0.717) is 6.04 Å². The summed E-state index contributed by atoms with van der Waals surface area (Å²) in [6, 6.07) is 1.47. The van der Waals surface area contributed by atoms with Gasteiger partial charge in [0.25, 0.3) is 0 Å². The largest absolute Gasteiger partial charge is 0.303 e. The Balaban J connectivity index is 1.29. The summed E-state index contributed by atoms with van der Waals surface area (Å²) in [6.07, 6.45) is 7.23. The molecule has 3 heteroatoms. The summed E-state index contributed by atoms with van der Waals surface area (Å²) in [5, 5.41) is 0. The van der Waals surface area contributed by atoms with E-state index in [0.717, 1.165) is 23.3 Å². The lowest BCUT2D eigenvalue weighted by molar-refractivity contribution is 0.0775. The first-order valence-corrected chi connectivity index (χ1v) is 11.1. The Morgan fingerprint density at radius 1 is 0.840 bits per heavy atom. The van der Waals surface area contributed by atoms with Crippen LogP contribution in [-0.2, 0) is 0 Å². The number of hydrogen-bond donors (Lipinski definition) is 0. The minimum atomic E-state index is 0.710. The van der Waals surface area contributed by atoms with Crippen LogP contribution in [0.2, 0.25) is 0 Å². The summed E-state index contributed by atoms with van der Waals surface area (Å²) in [7, 11) is 0. The van der Waals surface area contributed by atoms with Gasteiger partial charge in [-0.3, -0.25) is 9.80 Å². The summed E-state index contributed by atoms with van der Waals surface area (Å²) in [6.45, 7) is 21.1. The van der Waals surface area contributed by atoms with Crippen LogP contribution in [0.25, 0.3) is 0 Å². The highest BCUT2D eigenvalue weighted by Gasteiger charge is 2.55. The summed E-state index contributed by atoms with van der Waals surface area (Å²) in [5.74, 6) is 1.95. The van der Waals surface area contributed by atoms with Gasteiger partial charge in [0.15, 0.2) is 0 Å². The molecule has 0 amide bonds. The second-order valence-electron chi connectivity index (χ2n) is 9.92. The highest BCUT2D eigenvalue weighted by Crippen LogP contribution is 2.62. The average Bonchev–Trinajstić information content (AvgIpc) is 3.31. The van der Waals surface area contributed by atoms with E-state index in [4.69, 9.17) is 0 Å². The zero-order valence-electron chi connectivity index (χ0n) is 17.6. The van der Waals surface area contributed by atoms with Crippen LogP contribution in [0, 0.1) is 17.3 Å². The van der Waals surface area contributed by atoms with Crippen LogP contribution in [0.5, 0.6) is 0 Å². The molecular formula is C22H43N3. The van der Waals surface area contributed by atoms with Gasteiger partial charge in [0, 0.05) is 38.3 Å². The maximum atomic E-state index is 2.75. The van der Waals surface area contributed by atoms with Crippen molar-refractivity contribution in [2.45, 2.75) is 78.8 Å². The topological polar surface area (TPSA) is 9.72 Å². The lowest BCUT2D eigenvalue weighted by atomic mass is 9.87. The molecular weight excluding hydrogens is 306 g/mol. The number of likely N-dealkylation sites (tertiary alicyclic amines) is 1. The van der Waals surface area contributed by atoms with Crippen molar-refractivity contribution in [3.8, 4) is 0 Å². The lowest BCUT2D eigenvalue weighted by Crippen LogP contribution is -2.51. The van der Waals surface area contributed by atoms with E-state index in [1.165, 1.54) is 77.9 Å². The summed E-state index contributed by atoms with van der Waals surface area (Å²) in [5.41, 5.74) is 0.772. The number of piperazine rings is 1. The van der Waals surface area contributed by atoms with Crippen molar-refractivity contribution in [3.63, 3.8) is 0 Å². The predicted molar refractivity (Wildman–Crippen MR) is 108 cm³/mol. The van der Waals surface area contributed by atoms with Gasteiger partial charge >= 0.3 is 0 Å². The van der Waals surface area contributed by atoms with Crippen molar-refractivity contribution < 1.29 is 0 Å². The standard InChI is InChI=1S/C22H43N3/c1-18(2)21-17-22(21)8-11-23(12-9-22)10-6-7-20(5)25-15-13-24(14-16-25)19(3)4/h18-21H,6-17H2,1-5H3. The van der Waals surface area contributed by atoms with Gasteiger partial charge in [0.05, 0.1) is 0 Å². The van der Waals surface area contributed by atoms with Gasteiger partial charge in [-0.15, -0.1) is 0 Å². The molecule has 0 aromatic heterocycles. The maximum absolute atomic E-state index is 2.75. The first kappa shape index (κ1) is 19.6. The molecule has 3 nitrogen and oxygen atoms in total. The van der Waals surface area contributed by atoms with Crippen LogP contribution in [0.3, 0.4) is 0 Å². The molecule has 3 fully saturated rings. The molecule has 3 aliphatic rings. The van der Waals surface area contributed by atoms with Crippen molar-refractivity contribution in [2.75, 3.05) is 45.8 Å². The van der Waals surface area contributed by atoms with Gasteiger partial charge in [-0.2, -0.15) is 0 Å². The third-order valence-corrected chi connectivity index (χ3v) is 7.71. The summed E-state index contributed by atoms with van der Waals surface area (Å²) < 4.78 is 0. The molecule has 1 spiro atoms. The van der Waals surface area contributed by atoms with Gasteiger partial charge in [0.2, 0.25) is 0 Å². The van der Waals surface area contributed by atoms with Crippen LogP contribution in [0.1, 0.15) is 66.7 Å². The SMILES string of the molecule is CC(C)C1CC12CCN(CCCC(C)N1CCN(C(C)C)CC1)CC2. The third kappa shape index (κ3) is 4.78. The van der Waals surface area contributed by atoms with Crippen LogP contribution in [0.4, 0.5) is 0 Å². The molecule has 1 saturated carbocycles. The van der Waals surface area contributed by atoms with Gasteiger partial charge in [-0.25, -0.2) is 0 Å². The zero-order chi connectivity index (χ0) is 18.0. The minimum absolute atomic E-state index is 0.710. The fourth-order valence-electron chi connectivity index (χ4n) is 5.61. The van der Waals surface area contributed by atoms with Crippen LogP contribution in [0.15, 0.2) is 0 Å². The fraction of sp³-hybridized carbons (Fsp3) is 1.00. The molecule has 0 aromatic carbocycles. The van der Waals surface area contributed by atoms with Gasteiger partial charge < -0.3 is 4.90 Å². The molecule has 0 N–H and O–H groups in total. The number of hydrogen-bond acceptors (Lipinski definition) is 3. The Hall–Kier alpha value is -0.120. The van der Waals surface area contributed by atoms with Crippen molar-refractivity contribution in [3.05, 3.63) is 0 Å². The Kier molecular flexibility index (Phi) is 6.50. The molecule has 0 radical (unpaired) electrons. The quantitative estimate of drug-likeness (QED) is 0.689. The fourth-order valence-corrected chi connectivity index (χ4v) is 5.61. The molecule has 1 aliphatic carbocycles. The Morgan fingerprint density at radius 3 is 1.96 bits per heavy atom. The second-order valence-corrected chi connectivity index (χ2v) is 9.92. The Morgan fingerprint density at radius 2 is 1.44 bits per heavy atom. The molecule has 2 atom stereocenters. The zero-order valence-corrected chi connectivity index (χ0v) is 17.6. The molecule has 0 aromatic rings. The molecule has 3 rings (SSSR count). The smallest absolute Gasteiger partial charge is 0.0113 e. The second kappa shape index (κ2) is 8.27. The Labute approximate surface area is 157 Å². The predicted octanol–water partition coefficient (Wildman–Crippen LogP) is 3.94. The highest BCUT2D eigenvalue weighted by molar-refractivity contribution is 5.05. The van der Waals surface area contributed by atoms with Crippen molar-refractivity contribution in [1.82, 2.24) is 14.7 Å². The van der Waals surface area contributed by atoms with E-state index in [9.17, 15) is 0 Å². The molecule has 2 aliphatic heterocycles. The van der Waals surface area contributed by atoms with Gasteiger partial charge in [-0.1, -0.05) is 13.8 Å². The monoisotopic (exact) mass is 349 g/mol. The van der Waals surface area contributed by atoms with Crippen LogP contribution >= 0.6 is 0 Å². The third-order valence-electron chi connectivity index (χ3n) is 7.71. The molecule has 2 unspecified atom stereocenters. The molecule has 2 heterocycles. The Bertz CT molecular complexity index is 403. The van der Waals surface area contributed by atoms with E-state index in [1.54, 1.807) is 0 Å². The van der Waals surface area contributed by atoms with E-state index in [2.05, 4.69) is 49.3 Å². The first-order chi connectivity index (χ1) is 11.9. The number of piperidine rings is 1. The van der Waals surface area contributed by atoms with Crippen LogP contribution < -0.4 is 0 Å². The maximum Gasteiger partial charge on any atom is 0.0113 e.